The summed E-state index contributed by atoms with van der Waals surface area (Å²) in [6.45, 7) is 5.32. The lowest BCUT2D eigenvalue weighted by Gasteiger charge is -2.24. The lowest BCUT2D eigenvalue weighted by atomic mass is 10.0. The minimum Gasteiger partial charge on any atom is -0.386 e. The van der Waals surface area contributed by atoms with Crippen molar-refractivity contribution in [2.24, 2.45) is 0 Å². The molecule has 3 heterocycles. The summed E-state index contributed by atoms with van der Waals surface area (Å²) >= 11 is 1.55. The number of aryl methyl sites for hydroxylation is 2. The Morgan fingerprint density at radius 1 is 1.46 bits per heavy atom. The van der Waals surface area contributed by atoms with Crippen LogP contribution in [0.1, 0.15) is 22.0 Å². The topological polar surface area (TPSA) is 78.3 Å². The van der Waals surface area contributed by atoms with Gasteiger partial charge in [0.1, 0.15) is 11.4 Å². The Kier molecular flexibility index (Phi) is 4.82. The van der Waals surface area contributed by atoms with Gasteiger partial charge in [0, 0.05) is 30.7 Å². The molecule has 0 unspecified atom stereocenters. The highest BCUT2D eigenvalue weighted by molar-refractivity contribution is 7.11. The van der Waals surface area contributed by atoms with Gasteiger partial charge in [0.05, 0.1) is 17.1 Å². The van der Waals surface area contributed by atoms with Crippen molar-refractivity contribution in [1.29, 1.82) is 0 Å². The van der Waals surface area contributed by atoms with Crippen molar-refractivity contribution in [2.45, 2.75) is 32.3 Å². The summed E-state index contributed by atoms with van der Waals surface area (Å²) in [7, 11) is 0. The summed E-state index contributed by atoms with van der Waals surface area (Å²) in [6.07, 6.45) is 2.67. The first-order valence-corrected chi connectivity index (χ1v) is 8.85. The van der Waals surface area contributed by atoms with E-state index in [0.29, 0.717) is 19.4 Å². The van der Waals surface area contributed by atoms with Gasteiger partial charge in [-0.15, -0.1) is 11.3 Å². The molecule has 0 spiro atoms. The van der Waals surface area contributed by atoms with E-state index in [-0.39, 0.29) is 12.5 Å². The van der Waals surface area contributed by atoms with Crippen LogP contribution in [0, 0.1) is 13.8 Å². The SMILES string of the molecule is Cc1nc(C)c(CC(=O)NC[C@@]2(O)CCN(c3ccccn3)C2)s1. The number of anilines is 1. The van der Waals surface area contributed by atoms with E-state index in [4.69, 9.17) is 0 Å². The van der Waals surface area contributed by atoms with Gasteiger partial charge in [-0.1, -0.05) is 6.07 Å². The number of nitrogens with zero attached hydrogens (tertiary/aromatic N) is 3. The third-order valence-electron chi connectivity index (χ3n) is 4.24. The average molecular weight is 346 g/mol. The van der Waals surface area contributed by atoms with E-state index in [2.05, 4.69) is 15.3 Å². The third-order valence-corrected chi connectivity index (χ3v) is 5.31. The van der Waals surface area contributed by atoms with E-state index < -0.39 is 5.60 Å². The number of aromatic nitrogens is 2. The summed E-state index contributed by atoms with van der Waals surface area (Å²) < 4.78 is 0. The molecule has 128 valence electrons. The molecule has 3 rings (SSSR count). The average Bonchev–Trinajstić information content (AvgIpc) is 3.10. The first-order chi connectivity index (χ1) is 11.5. The molecule has 0 aromatic carbocycles. The molecule has 24 heavy (non-hydrogen) atoms. The van der Waals surface area contributed by atoms with Crippen molar-refractivity contribution in [3.8, 4) is 0 Å². The molecule has 1 saturated heterocycles. The zero-order valence-corrected chi connectivity index (χ0v) is 14.8. The Morgan fingerprint density at radius 2 is 2.29 bits per heavy atom. The fraction of sp³-hybridized carbons (Fsp3) is 0.471. The standard InChI is InChI=1S/C17H22N4O2S/c1-12-14(24-13(2)20-12)9-16(22)19-10-17(23)6-8-21(11-17)15-5-3-4-7-18-15/h3-5,7,23H,6,8-11H2,1-2H3,(H,19,22)/t17-/m0/s1. The number of pyridine rings is 1. The summed E-state index contributed by atoms with van der Waals surface area (Å²) in [5.41, 5.74) is -0.000171. The highest BCUT2D eigenvalue weighted by Crippen LogP contribution is 2.25. The van der Waals surface area contributed by atoms with E-state index in [1.807, 2.05) is 36.9 Å². The summed E-state index contributed by atoms with van der Waals surface area (Å²) in [4.78, 5) is 23.8. The van der Waals surface area contributed by atoms with Crippen LogP contribution in [0.15, 0.2) is 24.4 Å². The molecule has 6 nitrogen and oxygen atoms in total. The van der Waals surface area contributed by atoms with Gasteiger partial charge in [-0.25, -0.2) is 9.97 Å². The second-order valence-electron chi connectivity index (χ2n) is 6.28. The van der Waals surface area contributed by atoms with Crippen LogP contribution >= 0.6 is 11.3 Å². The lowest BCUT2D eigenvalue weighted by molar-refractivity contribution is -0.121. The molecule has 2 aromatic rings. The fourth-order valence-electron chi connectivity index (χ4n) is 2.95. The Labute approximate surface area is 145 Å². The van der Waals surface area contributed by atoms with Crippen LogP contribution < -0.4 is 10.2 Å². The molecule has 1 aliphatic heterocycles. The molecule has 1 amide bonds. The van der Waals surface area contributed by atoms with Gasteiger partial charge in [0.25, 0.3) is 0 Å². The van der Waals surface area contributed by atoms with E-state index >= 15 is 0 Å². The van der Waals surface area contributed by atoms with Gasteiger partial charge in [0.2, 0.25) is 5.91 Å². The van der Waals surface area contributed by atoms with Crippen molar-refractivity contribution >= 4 is 23.1 Å². The predicted molar refractivity (Wildman–Crippen MR) is 94.3 cm³/mol. The maximum absolute atomic E-state index is 12.2. The van der Waals surface area contributed by atoms with Gasteiger partial charge >= 0.3 is 0 Å². The van der Waals surface area contributed by atoms with Crippen molar-refractivity contribution in [1.82, 2.24) is 15.3 Å². The molecule has 0 saturated carbocycles. The van der Waals surface area contributed by atoms with Crippen LogP contribution in [-0.2, 0) is 11.2 Å². The predicted octanol–water partition coefficient (Wildman–Crippen LogP) is 1.46. The van der Waals surface area contributed by atoms with Crippen molar-refractivity contribution < 1.29 is 9.90 Å². The molecule has 2 aromatic heterocycles. The quantitative estimate of drug-likeness (QED) is 0.857. The molecule has 1 aliphatic rings. The van der Waals surface area contributed by atoms with E-state index in [1.54, 1.807) is 17.5 Å². The Bertz CT molecular complexity index is 719. The minimum absolute atomic E-state index is 0.0774. The number of carbonyl (C=O) groups is 1. The van der Waals surface area contributed by atoms with Gasteiger partial charge in [-0.05, 0) is 32.4 Å². The second kappa shape index (κ2) is 6.86. The maximum Gasteiger partial charge on any atom is 0.225 e. The normalized spacial score (nSPS) is 20.4. The number of hydrogen-bond acceptors (Lipinski definition) is 6. The first-order valence-electron chi connectivity index (χ1n) is 8.03. The number of thiazole rings is 1. The van der Waals surface area contributed by atoms with Gasteiger partial charge in [-0.3, -0.25) is 4.79 Å². The molecule has 7 heteroatoms. The highest BCUT2D eigenvalue weighted by Gasteiger charge is 2.36. The Morgan fingerprint density at radius 3 is 2.96 bits per heavy atom. The molecule has 2 N–H and O–H groups in total. The van der Waals surface area contributed by atoms with Crippen LogP contribution in [-0.4, -0.2) is 46.2 Å². The number of aliphatic hydroxyl groups is 1. The largest absolute Gasteiger partial charge is 0.386 e. The number of amides is 1. The fourth-order valence-corrected chi connectivity index (χ4v) is 3.88. The molecule has 0 bridgehead atoms. The molecule has 0 radical (unpaired) electrons. The number of hydrogen-bond donors (Lipinski definition) is 2. The van der Waals surface area contributed by atoms with Crippen molar-refractivity contribution in [3.63, 3.8) is 0 Å². The molecular weight excluding hydrogens is 324 g/mol. The number of rotatable bonds is 5. The van der Waals surface area contributed by atoms with Crippen molar-refractivity contribution in [3.05, 3.63) is 40.0 Å². The highest BCUT2D eigenvalue weighted by atomic mass is 32.1. The number of β-amino-alcohol motifs (C(OH)–C–C–N with tert-alkyl or cyclic N) is 1. The van der Waals surface area contributed by atoms with E-state index in [0.717, 1.165) is 27.9 Å². The molecule has 1 atom stereocenters. The van der Waals surface area contributed by atoms with Crippen LogP contribution in [0.25, 0.3) is 0 Å². The van der Waals surface area contributed by atoms with Crippen LogP contribution in [0.4, 0.5) is 5.82 Å². The van der Waals surface area contributed by atoms with Crippen LogP contribution in [0.2, 0.25) is 0 Å². The molecule has 0 aliphatic carbocycles. The molecule has 1 fully saturated rings. The minimum atomic E-state index is -0.911. The van der Waals surface area contributed by atoms with E-state index in [1.165, 1.54) is 0 Å². The van der Waals surface area contributed by atoms with Crippen molar-refractivity contribution in [2.75, 3.05) is 24.5 Å². The summed E-state index contributed by atoms with van der Waals surface area (Å²) in [5.74, 6) is 0.780. The van der Waals surface area contributed by atoms with Crippen LogP contribution in [0.3, 0.4) is 0 Å². The first kappa shape index (κ1) is 16.9. The zero-order chi connectivity index (χ0) is 17.2. The monoisotopic (exact) mass is 346 g/mol. The van der Waals surface area contributed by atoms with Gasteiger partial charge in [-0.2, -0.15) is 0 Å². The van der Waals surface area contributed by atoms with Crippen LogP contribution in [0.5, 0.6) is 0 Å². The Hall–Kier alpha value is -1.99. The summed E-state index contributed by atoms with van der Waals surface area (Å²) in [5, 5.41) is 14.5. The second-order valence-corrected chi connectivity index (χ2v) is 7.57. The number of nitrogens with one attached hydrogen (secondary N) is 1. The zero-order valence-electron chi connectivity index (χ0n) is 14.0. The number of carbonyl (C=O) groups excluding carboxylic acids is 1. The van der Waals surface area contributed by atoms with E-state index in [9.17, 15) is 9.90 Å². The third kappa shape index (κ3) is 3.91. The maximum atomic E-state index is 12.2. The lowest BCUT2D eigenvalue weighted by Crippen LogP contribution is -2.45. The Balaban J connectivity index is 1.53. The molecular formula is C17H22N4O2S. The smallest absolute Gasteiger partial charge is 0.225 e. The van der Waals surface area contributed by atoms with Gasteiger partial charge in [0.15, 0.2) is 0 Å². The van der Waals surface area contributed by atoms with Gasteiger partial charge < -0.3 is 15.3 Å². The summed E-state index contributed by atoms with van der Waals surface area (Å²) in [6, 6.07) is 5.73.